The van der Waals surface area contributed by atoms with Gasteiger partial charge in [-0.2, -0.15) is 0 Å². The maximum Gasteiger partial charge on any atom is 0.305 e. The largest absolute Gasteiger partial charge is 0.465 e. The van der Waals surface area contributed by atoms with E-state index in [1.54, 1.807) is 0 Å². The van der Waals surface area contributed by atoms with Crippen LogP contribution >= 0.6 is 0 Å². The van der Waals surface area contributed by atoms with Gasteiger partial charge in [0.2, 0.25) is 0 Å². The van der Waals surface area contributed by atoms with Crippen molar-refractivity contribution in [2.45, 2.75) is 198 Å². The van der Waals surface area contributed by atoms with E-state index >= 15 is 0 Å². The minimum absolute atomic E-state index is 0.0939. The van der Waals surface area contributed by atoms with Crippen molar-refractivity contribution in [2.75, 3.05) is 13.2 Å². The van der Waals surface area contributed by atoms with Gasteiger partial charge in [0.25, 0.3) is 0 Å². The van der Waals surface area contributed by atoms with Crippen LogP contribution in [0.4, 0.5) is 0 Å². The molecule has 1 saturated heterocycles. The smallest absolute Gasteiger partial charge is 0.305 e. The summed E-state index contributed by atoms with van der Waals surface area (Å²) in [5.41, 5.74) is 0. The summed E-state index contributed by atoms with van der Waals surface area (Å²) in [6, 6.07) is 0. The first-order valence-corrected chi connectivity index (χ1v) is 21.8. The predicted octanol–water partition coefficient (Wildman–Crippen LogP) is 9.31. The zero-order valence-corrected chi connectivity index (χ0v) is 34.3. The second-order valence-electron chi connectivity index (χ2n) is 15.1. The quantitative estimate of drug-likeness (QED) is 0.0217. The number of rotatable bonds is 35. The molecule has 1 aliphatic rings. The van der Waals surface area contributed by atoms with Gasteiger partial charge in [-0.1, -0.05) is 145 Å². The van der Waals surface area contributed by atoms with E-state index in [-0.39, 0.29) is 43.5 Å². The van der Waals surface area contributed by atoms with Crippen molar-refractivity contribution >= 4 is 19.6 Å². The van der Waals surface area contributed by atoms with E-state index in [0.29, 0.717) is 19.3 Å². The summed E-state index contributed by atoms with van der Waals surface area (Å²) in [7, 11) is 5.55. The van der Waals surface area contributed by atoms with Crippen molar-refractivity contribution in [1.29, 1.82) is 0 Å². The molecule has 1 heterocycles. The molecule has 0 aromatic heterocycles. The van der Waals surface area contributed by atoms with Crippen molar-refractivity contribution in [2.24, 2.45) is 5.92 Å². The molecular formula is C46H77BO8. The molecule has 0 saturated carbocycles. The van der Waals surface area contributed by atoms with E-state index in [2.05, 4.69) is 67.7 Å². The molecule has 1 aliphatic heterocycles. The Balaban J connectivity index is 2.40. The fraction of sp³-hybridized carbons (Fsp3) is 0.739. The highest BCUT2D eigenvalue weighted by atomic mass is 16.5. The number of carbonyl (C=O) groups excluding carboxylic acids is 2. The zero-order chi connectivity index (χ0) is 40.2. The highest BCUT2D eigenvalue weighted by molar-refractivity contribution is 6.08. The number of aliphatic hydroxyl groups excluding tert-OH is 4. The monoisotopic (exact) mass is 769 g/mol. The standard InChI is InChI=1S/C46H77BO8/c1-2-3-4-5-6-7-8-9-10-11-12-13-17-20-23-26-29-32-43(50)54-38-39(33-34-41-44(51)46(53)45(52)42(37-48)55-41)36-40(49)31-28-25-22-19-16-14-15-18-21-24-27-30-35-47/h3-4,6-7,9-10,12-13,20,23,39,41-42,44-46,48,51-53H,2,5,8,11,14-19,21-22,24-38H2,1H3/b4-3-,7-6-,10-9-,13-12-,23-20-. The molecular weight excluding hydrogens is 691 g/mol. The number of ether oxygens (including phenoxy) is 2. The van der Waals surface area contributed by atoms with Crippen LogP contribution in [0.5, 0.6) is 0 Å². The van der Waals surface area contributed by atoms with Gasteiger partial charge in [-0.15, -0.1) is 0 Å². The Morgan fingerprint density at radius 1 is 0.636 bits per heavy atom. The van der Waals surface area contributed by atoms with Crippen LogP contribution in [-0.2, 0) is 19.1 Å². The van der Waals surface area contributed by atoms with Crippen molar-refractivity contribution in [1.82, 2.24) is 0 Å². The number of hydrogen-bond acceptors (Lipinski definition) is 8. The lowest BCUT2D eigenvalue weighted by molar-refractivity contribution is -0.231. The van der Waals surface area contributed by atoms with Gasteiger partial charge < -0.3 is 29.9 Å². The molecule has 1 rings (SSSR count). The van der Waals surface area contributed by atoms with E-state index in [4.69, 9.17) is 17.3 Å². The molecule has 4 N–H and O–H groups in total. The number of esters is 1. The first kappa shape index (κ1) is 50.7. The van der Waals surface area contributed by atoms with Gasteiger partial charge in [0.15, 0.2) is 0 Å². The lowest BCUT2D eigenvalue weighted by Gasteiger charge is -2.40. The van der Waals surface area contributed by atoms with Crippen molar-refractivity contribution < 1.29 is 39.5 Å². The van der Waals surface area contributed by atoms with E-state index in [9.17, 15) is 30.0 Å². The minimum atomic E-state index is -1.44. The number of Topliss-reactive ketones (excluding diaryl/α,β-unsaturated/α-hetero) is 1. The van der Waals surface area contributed by atoms with E-state index < -0.39 is 37.1 Å². The Morgan fingerprint density at radius 3 is 1.65 bits per heavy atom. The Kier molecular flexibility index (Phi) is 33.3. The van der Waals surface area contributed by atoms with Gasteiger partial charge >= 0.3 is 5.97 Å². The SMILES string of the molecule is [B]CCCCCCCCCCCCCCC(=O)CC(CCC1OC(CO)C(O)C(O)C1O)COC(=O)CCC/C=C\C/C=C\C/C=C\C/C=C\C/C=C\CC. The van der Waals surface area contributed by atoms with Gasteiger partial charge in [0, 0.05) is 25.2 Å². The Morgan fingerprint density at radius 2 is 1.13 bits per heavy atom. The molecule has 55 heavy (non-hydrogen) atoms. The Bertz CT molecular complexity index is 1080. The van der Waals surface area contributed by atoms with Crippen LogP contribution in [-0.4, -0.2) is 83.8 Å². The summed E-state index contributed by atoms with van der Waals surface area (Å²) in [4.78, 5) is 25.6. The average molecular weight is 769 g/mol. The van der Waals surface area contributed by atoms with Crippen LogP contribution in [0.2, 0.25) is 6.32 Å². The average Bonchev–Trinajstić information content (AvgIpc) is 3.18. The summed E-state index contributed by atoms with van der Waals surface area (Å²) in [6.07, 6.45) is 38.6. The van der Waals surface area contributed by atoms with E-state index in [1.165, 1.54) is 51.4 Å². The molecule has 0 aromatic rings. The summed E-state index contributed by atoms with van der Waals surface area (Å²) >= 11 is 0. The summed E-state index contributed by atoms with van der Waals surface area (Å²) < 4.78 is 11.3. The van der Waals surface area contributed by atoms with Crippen LogP contribution < -0.4 is 0 Å². The Hall–Kier alpha value is -2.30. The first-order chi connectivity index (χ1) is 26.8. The molecule has 0 spiro atoms. The molecule has 0 amide bonds. The molecule has 312 valence electrons. The zero-order valence-electron chi connectivity index (χ0n) is 34.3. The molecule has 6 unspecified atom stereocenters. The number of ketones is 1. The van der Waals surface area contributed by atoms with Gasteiger partial charge in [0.05, 0.1) is 27.2 Å². The third-order valence-corrected chi connectivity index (χ3v) is 10.2. The molecule has 0 aromatic carbocycles. The number of allylic oxidation sites excluding steroid dienone is 10. The summed E-state index contributed by atoms with van der Waals surface area (Å²) in [6.45, 7) is 1.74. The van der Waals surface area contributed by atoms with Crippen LogP contribution in [0.1, 0.15) is 161 Å². The fourth-order valence-corrected chi connectivity index (χ4v) is 6.74. The second kappa shape index (κ2) is 36.1. The van der Waals surface area contributed by atoms with Crippen molar-refractivity contribution in [3.05, 3.63) is 60.8 Å². The van der Waals surface area contributed by atoms with Gasteiger partial charge in [-0.3, -0.25) is 9.59 Å². The molecule has 0 aliphatic carbocycles. The van der Waals surface area contributed by atoms with E-state index in [1.807, 2.05) is 0 Å². The molecule has 6 atom stereocenters. The molecule has 2 radical (unpaired) electrons. The van der Waals surface area contributed by atoms with E-state index in [0.717, 1.165) is 70.5 Å². The van der Waals surface area contributed by atoms with Gasteiger partial charge in [-0.25, -0.2) is 0 Å². The molecule has 0 bridgehead atoms. The lowest BCUT2D eigenvalue weighted by Crippen LogP contribution is -2.58. The fourth-order valence-electron chi connectivity index (χ4n) is 6.74. The number of hydrogen-bond donors (Lipinski definition) is 4. The molecule has 9 heteroatoms. The number of carbonyl (C=O) groups is 2. The summed E-state index contributed by atoms with van der Waals surface area (Å²) in [5.74, 6) is -0.433. The predicted molar refractivity (Wildman–Crippen MR) is 226 cm³/mol. The van der Waals surface area contributed by atoms with Crippen molar-refractivity contribution in [3.8, 4) is 0 Å². The number of aliphatic hydroxyl groups is 4. The second-order valence-corrected chi connectivity index (χ2v) is 15.1. The molecule has 8 nitrogen and oxygen atoms in total. The maximum absolute atomic E-state index is 13.0. The van der Waals surface area contributed by atoms with Crippen LogP contribution in [0, 0.1) is 5.92 Å². The highest BCUT2D eigenvalue weighted by Gasteiger charge is 2.43. The molecule has 1 fully saturated rings. The Labute approximate surface area is 336 Å². The maximum atomic E-state index is 13.0. The van der Waals surface area contributed by atoms with Crippen LogP contribution in [0.25, 0.3) is 0 Å². The third kappa shape index (κ3) is 27.9. The summed E-state index contributed by atoms with van der Waals surface area (Å²) in [5, 5.41) is 40.4. The lowest BCUT2D eigenvalue weighted by atomic mass is 9.89. The normalized spacial score (nSPS) is 21.2. The van der Waals surface area contributed by atoms with Crippen LogP contribution in [0.15, 0.2) is 60.8 Å². The first-order valence-electron chi connectivity index (χ1n) is 21.8. The topological polar surface area (TPSA) is 134 Å². The number of unbranched alkanes of at least 4 members (excludes halogenated alkanes) is 12. The van der Waals surface area contributed by atoms with Gasteiger partial charge in [0.1, 0.15) is 30.2 Å². The van der Waals surface area contributed by atoms with Crippen molar-refractivity contribution in [3.63, 3.8) is 0 Å². The van der Waals surface area contributed by atoms with Crippen LogP contribution in [0.3, 0.4) is 0 Å². The third-order valence-electron chi connectivity index (χ3n) is 10.2. The minimum Gasteiger partial charge on any atom is -0.465 e. The van der Waals surface area contributed by atoms with Gasteiger partial charge in [-0.05, 0) is 64.2 Å². The highest BCUT2D eigenvalue weighted by Crippen LogP contribution is 2.27.